The zero-order valence-electron chi connectivity index (χ0n) is 14.6. The second-order valence-corrected chi connectivity index (χ2v) is 7.27. The van der Waals surface area contributed by atoms with Gasteiger partial charge in [0.25, 0.3) is 0 Å². The quantitative estimate of drug-likeness (QED) is 0.833. The molecule has 4 rings (SSSR count). The highest BCUT2D eigenvalue weighted by Crippen LogP contribution is 2.39. The number of aromatic nitrogens is 4. The summed E-state index contributed by atoms with van der Waals surface area (Å²) in [6.45, 7) is 0. The molecular weight excluding hydrogens is 353 g/mol. The van der Waals surface area contributed by atoms with E-state index in [1.54, 1.807) is 0 Å². The maximum absolute atomic E-state index is 14.3. The summed E-state index contributed by atoms with van der Waals surface area (Å²) >= 11 is 0. The molecule has 8 nitrogen and oxygen atoms in total. The number of benzene rings is 1. The molecule has 2 N–H and O–H groups in total. The Morgan fingerprint density at radius 1 is 1.11 bits per heavy atom. The average Bonchev–Trinajstić information content (AvgIpc) is 3.40. The van der Waals surface area contributed by atoms with Gasteiger partial charge in [-0.05, 0) is 67.2 Å². The van der Waals surface area contributed by atoms with E-state index in [-0.39, 0.29) is 29.3 Å². The van der Waals surface area contributed by atoms with Gasteiger partial charge >= 0.3 is 5.97 Å². The lowest BCUT2D eigenvalue weighted by Crippen LogP contribution is -2.29. The van der Waals surface area contributed by atoms with E-state index < -0.39 is 11.8 Å². The molecule has 0 bridgehead atoms. The lowest BCUT2D eigenvalue weighted by molar-refractivity contribution is -0.143. The van der Waals surface area contributed by atoms with Crippen molar-refractivity contribution in [2.45, 2.75) is 44.4 Å². The van der Waals surface area contributed by atoms with E-state index in [2.05, 4.69) is 20.8 Å². The molecule has 1 amide bonds. The fourth-order valence-corrected chi connectivity index (χ4v) is 3.56. The molecule has 0 radical (unpaired) electrons. The van der Waals surface area contributed by atoms with Gasteiger partial charge in [0.05, 0.1) is 5.92 Å². The van der Waals surface area contributed by atoms with Crippen molar-refractivity contribution in [3.05, 3.63) is 29.8 Å². The predicted molar refractivity (Wildman–Crippen MR) is 92.8 cm³/mol. The van der Waals surface area contributed by atoms with E-state index >= 15 is 0 Å². The van der Waals surface area contributed by atoms with Crippen LogP contribution < -0.4 is 5.32 Å². The number of aliphatic carboxylic acids is 1. The van der Waals surface area contributed by atoms with Gasteiger partial charge in [0, 0.05) is 17.5 Å². The topological polar surface area (TPSA) is 110 Å². The Kier molecular flexibility index (Phi) is 4.59. The Balaban J connectivity index is 1.48. The maximum atomic E-state index is 14.3. The maximum Gasteiger partial charge on any atom is 0.306 e. The summed E-state index contributed by atoms with van der Waals surface area (Å²) in [6.07, 6.45) is 4.04. The monoisotopic (exact) mass is 373 g/mol. The van der Waals surface area contributed by atoms with Gasteiger partial charge in [-0.1, -0.05) is 0 Å². The summed E-state index contributed by atoms with van der Waals surface area (Å²) in [6, 6.07) is 4.31. The van der Waals surface area contributed by atoms with E-state index in [1.807, 2.05) is 0 Å². The van der Waals surface area contributed by atoms with Gasteiger partial charge in [0.2, 0.25) is 5.91 Å². The van der Waals surface area contributed by atoms with Crippen molar-refractivity contribution in [2.24, 2.45) is 11.8 Å². The Hall–Kier alpha value is -2.84. The summed E-state index contributed by atoms with van der Waals surface area (Å²) in [5.41, 5.74) is 0.670. The van der Waals surface area contributed by atoms with Crippen LogP contribution in [-0.2, 0) is 9.59 Å². The number of carbonyl (C=O) groups excluding carboxylic acids is 1. The smallest absolute Gasteiger partial charge is 0.306 e. The van der Waals surface area contributed by atoms with Crippen molar-refractivity contribution in [2.75, 3.05) is 5.32 Å². The molecule has 0 aliphatic heterocycles. The van der Waals surface area contributed by atoms with Gasteiger partial charge in [-0.2, -0.15) is 4.68 Å². The molecule has 2 aromatic rings. The number of hydrogen-bond donors (Lipinski definition) is 2. The molecule has 2 aliphatic carbocycles. The molecule has 2 aliphatic rings. The van der Waals surface area contributed by atoms with Crippen LogP contribution in [0.1, 0.15) is 50.3 Å². The number of anilines is 1. The zero-order valence-corrected chi connectivity index (χ0v) is 14.6. The number of halogens is 1. The standard InChI is InChI=1S/C18H20FN5O3/c19-14-8-7-13(9-15(14)24-16(10-1-2-10)21-22-23-24)20-17(25)11-3-5-12(6-4-11)18(26)27/h7-12H,1-6H2,(H,20,25)(H,26,27). The van der Waals surface area contributed by atoms with Crippen molar-refractivity contribution >= 4 is 17.6 Å². The van der Waals surface area contributed by atoms with E-state index in [1.165, 1.54) is 22.9 Å². The Morgan fingerprint density at radius 2 is 1.81 bits per heavy atom. The van der Waals surface area contributed by atoms with Crippen LogP contribution in [0.4, 0.5) is 10.1 Å². The number of hydrogen-bond acceptors (Lipinski definition) is 5. The number of nitrogens with one attached hydrogen (secondary N) is 1. The van der Waals surface area contributed by atoms with Crippen molar-refractivity contribution in [1.29, 1.82) is 0 Å². The molecule has 142 valence electrons. The average molecular weight is 373 g/mol. The first-order chi connectivity index (χ1) is 13.0. The summed E-state index contributed by atoms with van der Waals surface area (Å²) in [4.78, 5) is 23.5. The molecule has 27 heavy (non-hydrogen) atoms. The van der Waals surface area contributed by atoms with Gasteiger partial charge in [-0.3, -0.25) is 9.59 Å². The zero-order chi connectivity index (χ0) is 19.0. The molecule has 1 heterocycles. The number of carboxylic acid groups (broad SMARTS) is 1. The first-order valence-corrected chi connectivity index (χ1v) is 9.15. The minimum Gasteiger partial charge on any atom is -0.481 e. The Labute approximate surface area is 154 Å². The summed E-state index contributed by atoms with van der Waals surface area (Å²) in [7, 11) is 0. The van der Waals surface area contributed by atoms with E-state index in [9.17, 15) is 14.0 Å². The first kappa shape index (κ1) is 17.6. The Bertz CT molecular complexity index is 872. The minimum absolute atomic E-state index is 0.171. The van der Waals surface area contributed by atoms with Crippen LogP contribution in [-0.4, -0.2) is 37.2 Å². The first-order valence-electron chi connectivity index (χ1n) is 9.15. The van der Waals surface area contributed by atoms with Crippen LogP contribution in [0.3, 0.4) is 0 Å². The molecule has 1 aromatic carbocycles. The van der Waals surface area contributed by atoms with Crippen molar-refractivity contribution in [3.8, 4) is 5.69 Å². The third kappa shape index (κ3) is 3.67. The number of tetrazole rings is 1. The molecule has 0 atom stereocenters. The molecule has 1 aromatic heterocycles. The SMILES string of the molecule is O=C(O)C1CCC(C(=O)Nc2ccc(F)c(-n3nnnc3C3CC3)c2)CC1. The van der Waals surface area contributed by atoms with Gasteiger partial charge in [0.15, 0.2) is 5.82 Å². The summed E-state index contributed by atoms with van der Waals surface area (Å²) in [5.74, 6) is -1.16. The summed E-state index contributed by atoms with van der Waals surface area (Å²) < 4.78 is 15.7. The number of carbonyl (C=O) groups is 2. The van der Waals surface area contributed by atoms with Crippen molar-refractivity contribution in [1.82, 2.24) is 20.2 Å². The third-order valence-electron chi connectivity index (χ3n) is 5.33. The van der Waals surface area contributed by atoms with Crippen LogP contribution in [0.5, 0.6) is 0 Å². The highest BCUT2D eigenvalue weighted by Gasteiger charge is 2.31. The largest absolute Gasteiger partial charge is 0.481 e. The minimum atomic E-state index is -0.801. The normalized spacial score (nSPS) is 22.4. The molecule has 0 saturated heterocycles. The Morgan fingerprint density at radius 3 is 2.48 bits per heavy atom. The number of carboxylic acids is 1. The molecule has 9 heteroatoms. The second kappa shape index (κ2) is 7.05. The van der Waals surface area contributed by atoms with E-state index in [0.717, 1.165) is 12.8 Å². The van der Waals surface area contributed by atoms with Gasteiger partial charge in [0.1, 0.15) is 11.5 Å². The van der Waals surface area contributed by atoms with Crippen LogP contribution in [0, 0.1) is 17.7 Å². The van der Waals surface area contributed by atoms with E-state index in [4.69, 9.17) is 5.11 Å². The highest BCUT2D eigenvalue weighted by molar-refractivity contribution is 5.93. The molecular formula is C18H20FN5O3. The molecule has 2 saturated carbocycles. The van der Waals surface area contributed by atoms with Gasteiger partial charge in [-0.25, -0.2) is 4.39 Å². The van der Waals surface area contributed by atoms with Crippen molar-refractivity contribution in [3.63, 3.8) is 0 Å². The van der Waals surface area contributed by atoms with Crippen molar-refractivity contribution < 1.29 is 19.1 Å². The molecule has 2 fully saturated rings. The van der Waals surface area contributed by atoms with E-state index in [0.29, 0.717) is 37.2 Å². The lowest BCUT2D eigenvalue weighted by Gasteiger charge is -2.25. The number of nitrogens with zero attached hydrogens (tertiary/aromatic N) is 4. The fourth-order valence-electron chi connectivity index (χ4n) is 3.56. The van der Waals surface area contributed by atoms with Crippen LogP contribution in [0.25, 0.3) is 5.69 Å². The number of amides is 1. The lowest BCUT2D eigenvalue weighted by atomic mass is 9.81. The third-order valence-corrected chi connectivity index (χ3v) is 5.33. The van der Waals surface area contributed by atoms with Gasteiger partial charge in [-0.15, -0.1) is 5.10 Å². The van der Waals surface area contributed by atoms with Crippen LogP contribution in [0.2, 0.25) is 0 Å². The molecule has 0 spiro atoms. The second-order valence-electron chi connectivity index (χ2n) is 7.27. The fraction of sp³-hybridized carbons (Fsp3) is 0.500. The predicted octanol–water partition coefficient (Wildman–Crippen LogP) is 2.51. The van der Waals surface area contributed by atoms with Crippen LogP contribution in [0.15, 0.2) is 18.2 Å². The number of rotatable bonds is 5. The summed E-state index contributed by atoms with van der Waals surface area (Å²) in [5, 5.41) is 23.4. The van der Waals surface area contributed by atoms with Crippen LogP contribution >= 0.6 is 0 Å². The highest BCUT2D eigenvalue weighted by atomic mass is 19.1. The molecule has 0 unspecified atom stereocenters. The van der Waals surface area contributed by atoms with Gasteiger partial charge < -0.3 is 10.4 Å².